The number of aliphatic carboxylic acids is 1. The summed E-state index contributed by atoms with van der Waals surface area (Å²) in [5.41, 5.74) is 1.23. The minimum absolute atomic E-state index is 0.146. The molecule has 0 aliphatic carbocycles. The molecule has 0 aliphatic rings. The molecule has 4 aromatic rings. The molecule has 2 heterocycles. The highest BCUT2D eigenvalue weighted by Gasteiger charge is 2.18. The van der Waals surface area contributed by atoms with E-state index in [4.69, 9.17) is 27.6 Å². The van der Waals surface area contributed by atoms with Gasteiger partial charge >= 0.3 is 5.97 Å². The molecule has 26 heavy (non-hydrogen) atoms. The van der Waals surface area contributed by atoms with Crippen LogP contribution in [0.15, 0.2) is 57.9 Å². The van der Waals surface area contributed by atoms with Gasteiger partial charge in [0.1, 0.15) is 12.3 Å². The van der Waals surface area contributed by atoms with Gasteiger partial charge in [0, 0.05) is 16.3 Å². The molecule has 7 heteroatoms. The van der Waals surface area contributed by atoms with Crippen LogP contribution in [0.5, 0.6) is 0 Å². The second-order valence-electron chi connectivity index (χ2n) is 5.78. The Labute approximate surface area is 157 Å². The third-order valence-electron chi connectivity index (χ3n) is 4.22. The van der Waals surface area contributed by atoms with E-state index in [-0.39, 0.29) is 22.0 Å². The van der Waals surface area contributed by atoms with Crippen LogP contribution in [-0.2, 0) is 11.3 Å². The molecular formula is C19H11Cl2NO4. The number of fused-ring (bicyclic) bond motifs is 2. The quantitative estimate of drug-likeness (QED) is 0.512. The Balaban J connectivity index is 2.19. The second-order valence-corrected chi connectivity index (χ2v) is 6.56. The number of aromatic nitrogens is 1. The van der Waals surface area contributed by atoms with Crippen molar-refractivity contribution in [2.45, 2.75) is 6.54 Å². The first-order valence-electron chi connectivity index (χ1n) is 7.67. The van der Waals surface area contributed by atoms with E-state index >= 15 is 0 Å². The number of rotatable bonds is 3. The van der Waals surface area contributed by atoms with Gasteiger partial charge in [0.25, 0.3) is 0 Å². The third kappa shape index (κ3) is 2.57. The van der Waals surface area contributed by atoms with Crippen LogP contribution in [-0.4, -0.2) is 15.6 Å². The number of halogens is 2. The van der Waals surface area contributed by atoms with Crippen molar-refractivity contribution < 1.29 is 14.3 Å². The number of benzene rings is 2. The van der Waals surface area contributed by atoms with E-state index in [1.54, 1.807) is 42.7 Å². The fourth-order valence-corrected chi connectivity index (χ4v) is 3.51. The lowest BCUT2D eigenvalue weighted by Gasteiger charge is -2.15. The number of hydrogen-bond donors (Lipinski definition) is 1. The highest BCUT2D eigenvalue weighted by molar-refractivity contribution is 6.45. The molecule has 2 aromatic carbocycles. The maximum atomic E-state index is 12.9. The first-order chi connectivity index (χ1) is 12.5. The molecule has 0 aliphatic heterocycles. The van der Waals surface area contributed by atoms with Crippen molar-refractivity contribution >= 4 is 51.0 Å². The molecule has 0 saturated heterocycles. The molecule has 0 amide bonds. The molecule has 130 valence electrons. The van der Waals surface area contributed by atoms with Gasteiger partial charge in [-0.1, -0.05) is 29.3 Å². The van der Waals surface area contributed by atoms with Crippen molar-refractivity contribution in [2.24, 2.45) is 0 Å². The predicted octanol–water partition coefficient (Wildman–Crippen LogP) is 4.81. The number of nitrogens with zero attached hydrogens (tertiary/aromatic N) is 1. The standard InChI is InChI=1S/C19H11Cl2NO4/c20-13-6-5-12-18(17(13)21)22(9-16(23)24)14-8-10(15-2-1-7-26-15)3-4-11(14)19(12)25/h1-8H,9H2,(H,23,24). The average Bonchev–Trinajstić information content (AvgIpc) is 3.15. The summed E-state index contributed by atoms with van der Waals surface area (Å²) >= 11 is 12.4. The maximum absolute atomic E-state index is 12.9. The van der Waals surface area contributed by atoms with Crippen molar-refractivity contribution in [3.63, 3.8) is 0 Å². The third-order valence-corrected chi connectivity index (χ3v) is 5.01. The van der Waals surface area contributed by atoms with Crippen LogP contribution in [0.4, 0.5) is 0 Å². The summed E-state index contributed by atoms with van der Waals surface area (Å²) in [6.45, 7) is -0.366. The van der Waals surface area contributed by atoms with Gasteiger partial charge in [-0.2, -0.15) is 0 Å². The van der Waals surface area contributed by atoms with E-state index < -0.39 is 5.97 Å². The molecule has 0 fully saturated rings. The molecule has 4 rings (SSSR count). The number of furan rings is 1. The Kier molecular flexibility index (Phi) is 3.98. The molecule has 0 atom stereocenters. The van der Waals surface area contributed by atoms with E-state index in [9.17, 15) is 14.7 Å². The molecule has 1 N–H and O–H groups in total. The SMILES string of the molecule is O=C(O)Cn1c2cc(-c3ccco3)ccc2c(=O)c2ccc(Cl)c(Cl)c21. The monoisotopic (exact) mass is 387 g/mol. The highest BCUT2D eigenvalue weighted by Crippen LogP contribution is 2.33. The fraction of sp³-hybridized carbons (Fsp3) is 0.0526. The van der Waals surface area contributed by atoms with Gasteiger partial charge in [-0.15, -0.1) is 0 Å². The first kappa shape index (κ1) is 16.7. The first-order valence-corrected chi connectivity index (χ1v) is 8.43. The summed E-state index contributed by atoms with van der Waals surface area (Å²) in [5, 5.41) is 10.5. The molecule has 0 radical (unpaired) electrons. The number of hydrogen-bond acceptors (Lipinski definition) is 3. The zero-order chi connectivity index (χ0) is 18.4. The summed E-state index contributed by atoms with van der Waals surface area (Å²) < 4.78 is 6.89. The Morgan fingerprint density at radius 2 is 1.88 bits per heavy atom. The lowest BCUT2D eigenvalue weighted by Crippen LogP contribution is -2.16. The molecule has 0 spiro atoms. The topological polar surface area (TPSA) is 72.4 Å². The molecular weight excluding hydrogens is 377 g/mol. The van der Waals surface area contributed by atoms with Crippen molar-refractivity contribution in [2.75, 3.05) is 0 Å². The van der Waals surface area contributed by atoms with E-state index in [1.807, 2.05) is 0 Å². The Bertz CT molecular complexity index is 1230. The van der Waals surface area contributed by atoms with Gasteiger partial charge in [-0.05, 0) is 36.4 Å². The minimum Gasteiger partial charge on any atom is -0.480 e. The van der Waals surface area contributed by atoms with Crippen LogP contribution in [0.2, 0.25) is 10.0 Å². The predicted molar refractivity (Wildman–Crippen MR) is 101 cm³/mol. The zero-order valence-corrected chi connectivity index (χ0v) is 14.7. The summed E-state index contributed by atoms with van der Waals surface area (Å²) in [6, 6.07) is 11.8. The van der Waals surface area contributed by atoms with Gasteiger partial charge in [0.15, 0.2) is 5.43 Å². The molecule has 0 bridgehead atoms. The summed E-state index contributed by atoms with van der Waals surface area (Å²) in [6.07, 6.45) is 1.54. The van der Waals surface area contributed by atoms with Crippen molar-refractivity contribution in [1.29, 1.82) is 0 Å². The van der Waals surface area contributed by atoms with Gasteiger partial charge in [-0.3, -0.25) is 9.59 Å². The molecule has 5 nitrogen and oxygen atoms in total. The Morgan fingerprint density at radius 3 is 2.58 bits per heavy atom. The Morgan fingerprint density at radius 1 is 1.12 bits per heavy atom. The largest absolute Gasteiger partial charge is 0.480 e. The van der Waals surface area contributed by atoms with Crippen LogP contribution < -0.4 is 5.43 Å². The molecule has 0 unspecified atom stereocenters. The lowest BCUT2D eigenvalue weighted by molar-refractivity contribution is -0.137. The van der Waals surface area contributed by atoms with Crippen LogP contribution >= 0.6 is 23.2 Å². The number of carboxylic acids is 1. The van der Waals surface area contributed by atoms with E-state index in [0.29, 0.717) is 27.6 Å². The molecule has 2 aromatic heterocycles. The van der Waals surface area contributed by atoms with Gasteiger partial charge in [0.05, 0.1) is 27.3 Å². The van der Waals surface area contributed by atoms with Crippen LogP contribution in [0.3, 0.4) is 0 Å². The Hall–Kier alpha value is -2.76. The van der Waals surface area contributed by atoms with E-state index in [2.05, 4.69) is 0 Å². The van der Waals surface area contributed by atoms with Crippen LogP contribution in [0.25, 0.3) is 33.1 Å². The van der Waals surface area contributed by atoms with Crippen molar-refractivity contribution in [3.05, 3.63) is 69.0 Å². The van der Waals surface area contributed by atoms with Crippen molar-refractivity contribution in [1.82, 2.24) is 4.57 Å². The van der Waals surface area contributed by atoms with Crippen LogP contribution in [0.1, 0.15) is 0 Å². The van der Waals surface area contributed by atoms with Crippen molar-refractivity contribution in [3.8, 4) is 11.3 Å². The van der Waals surface area contributed by atoms with E-state index in [0.717, 1.165) is 5.56 Å². The van der Waals surface area contributed by atoms with Gasteiger partial charge < -0.3 is 14.1 Å². The number of carbonyl (C=O) groups is 1. The van der Waals surface area contributed by atoms with E-state index in [1.165, 1.54) is 10.6 Å². The summed E-state index contributed by atoms with van der Waals surface area (Å²) in [7, 11) is 0. The normalized spacial score (nSPS) is 11.3. The number of carboxylic acid groups (broad SMARTS) is 1. The lowest BCUT2D eigenvalue weighted by atomic mass is 10.1. The molecule has 0 saturated carbocycles. The minimum atomic E-state index is -1.06. The van der Waals surface area contributed by atoms with Crippen LogP contribution in [0, 0.1) is 0 Å². The second kappa shape index (κ2) is 6.20. The number of pyridine rings is 1. The maximum Gasteiger partial charge on any atom is 0.323 e. The summed E-state index contributed by atoms with van der Waals surface area (Å²) in [4.78, 5) is 24.4. The van der Waals surface area contributed by atoms with Gasteiger partial charge in [-0.25, -0.2) is 0 Å². The zero-order valence-electron chi connectivity index (χ0n) is 13.2. The smallest absolute Gasteiger partial charge is 0.323 e. The average molecular weight is 388 g/mol. The fourth-order valence-electron chi connectivity index (χ4n) is 3.10. The summed E-state index contributed by atoms with van der Waals surface area (Å²) in [5.74, 6) is -0.450. The van der Waals surface area contributed by atoms with Gasteiger partial charge in [0.2, 0.25) is 0 Å². The highest BCUT2D eigenvalue weighted by atomic mass is 35.5.